The van der Waals surface area contributed by atoms with E-state index in [1.165, 1.54) is 4.90 Å². The topological polar surface area (TPSA) is 45.1 Å². The molecular formula is C15H21N3O2. The van der Waals surface area contributed by atoms with Gasteiger partial charge in [0.2, 0.25) is 5.90 Å². The lowest BCUT2D eigenvalue weighted by atomic mass is 9.94. The number of hydrogen-bond acceptors (Lipinski definition) is 4. The van der Waals surface area contributed by atoms with Crippen LogP contribution in [0.25, 0.3) is 0 Å². The van der Waals surface area contributed by atoms with Gasteiger partial charge < -0.3 is 9.64 Å². The molecule has 5 nitrogen and oxygen atoms in total. The lowest BCUT2D eigenvalue weighted by molar-refractivity contribution is 0.163. The summed E-state index contributed by atoms with van der Waals surface area (Å²) in [5.74, 6) is 0.458. The second kappa shape index (κ2) is 5.15. The van der Waals surface area contributed by atoms with Crippen LogP contribution in [0.4, 0.5) is 10.5 Å². The van der Waals surface area contributed by atoms with E-state index in [0.717, 1.165) is 11.3 Å². The zero-order chi connectivity index (χ0) is 14.9. The zero-order valence-electron chi connectivity index (χ0n) is 12.7. The average Bonchev–Trinajstić information content (AvgIpc) is 2.65. The molecule has 1 amide bonds. The molecule has 0 aliphatic carbocycles. The first-order valence-corrected chi connectivity index (χ1v) is 6.62. The summed E-state index contributed by atoms with van der Waals surface area (Å²) in [7, 11) is 3.31. The Balaban J connectivity index is 2.26. The number of amides is 1. The van der Waals surface area contributed by atoms with Crippen LogP contribution in [0.1, 0.15) is 19.4 Å². The van der Waals surface area contributed by atoms with E-state index in [-0.39, 0.29) is 5.41 Å². The molecule has 0 unspecified atom stereocenters. The molecule has 0 fully saturated rings. The van der Waals surface area contributed by atoms with Crippen LogP contribution in [0.15, 0.2) is 29.4 Å². The normalized spacial score (nSPS) is 16.9. The van der Waals surface area contributed by atoms with Gasteiger partial charge >= 0.3 is 6.09 Å². The van der Waals surface area contributed by atoms with Gasteiger partial charge in [-0.05, 0) is 32.4 Å². The Kier molecular flexibility index (Phi) is 3.70. The van der Waals surface area contributed by atoms with Gasteiger partial charge in [-0.1, -0.05) is 18.2 Å². The van der Waals surface area contributed by atoms with Crippen LogP contribution in [0, 0.1) is 12.3 Å². The third-order valence-electron chi connectivity index (χ3n) is 3.28. The molecule has 1 aliphatic heterocycles. The van der Waals surface area contributed by atoms with Gasteiger partial charge in [0.25, 0.3) is 0 Å². The van der Waals surface area contributed by atoms with Crippen molar-refractivity contribution in [1.82, 2.24) is 4.90 Å². The predicted molar refractivity (Wildman–Crippen MR) is 79.9 cm³/mol. The molecule has 20 heavy (non-hydrogen) atoms. The number of para-hydroxylation sites is 1. The van der Waals surface area contributed by atoms with E-state index in [4.69, 9.17) is 4.74 Å². The predicted octanol–water partition coefficient (Wildman–Crippen LogP) is 2.85. The number of hydrazone groups is 1. The number of rotatable bonds is 1. The molecule has 0 saturated carbocycles. The van der Waals surface area contributed by atoms with E-state index in [0.29, 0.717) is 12.4 Å². The molecule has 2 rings (SSSR count). The third-order valence-corrected chi connectivity index (χ3v) is 3.28. The van der Waals surface area contributed by atoms with E-state index in [2.05, 4.69) is 5.10 Å². The smallest absolute Gasteiger partial charge is 0.393 e. The molecule has 0 radical (unpaired) electrons. The molecule has 5 heteroatoms. The van der Waals surface area contributed by atoms with Crippen molar-refractivity contribution in [1.29, 1.82) is 0 Å². The molecule has 1 aliphatic rings. The van der Waals surface area contributed by atoms with Crippen LogP contribution < -0.4 is 5.01 Å². The van der Waals surface area contributed by atoms with E-state index in [9.17, 15) is 4.79 Å². The number of nitrogens with zero attached hydrogens (tertiary/aromatic N) is 3. The molecular weight excluding hydrogens is 254 g/mol. The van der Waals surface area contributed by atoms with Gasteiger partial charge in [0.05, 0.1) is 17.6 Å². The first kappa shape index (κ1) is 14.4. The van der Waals surface area contributed by atoms with Crippen molar-refractivity contribution in [3.05, 3.63) is 29.8 Å². The van der Waals surface area contributed by atoms with Gasteiger partial charge in [-0.15, -0.1) is 5.10 Å². The van der Waals surface area contributed by atoms with Crippen molar-refractivity contribution in [2.24, 2.45) is 10.5 Å². The van der Waals surface area contributed by atoms with Crippen LogP contribution in [-0.2, 0) is 4.74 Å². The number of benzene rings is 1. The van der Waals surface area contributed by atoms with Gasteiger partial charge in [0.1, 0.15) is 0 Å². The highest BCUT2D eigenvalue weighted by Gasteiger charge is 2.38. The number of carbonyl (C=O) groups excluding carboxylic acids is 1. The maximum absolute atomic E-state index is 11.7. The van der Waals surface area contributed by atoms with Crippen LogP contribution in [0.3, 0.4) is 0 Å². The minimum atomic E-state index is -0.400. The highest BCUT2D eigenvalue weighted by atomic mass is 16.6. The van der Waals surface area contributed by atoms with Crippen molar-refractivity contribution in [3.63, 3.8) is 0 Å². The fraction of sp³-hybridized carbons (Fsp3) is 0.467. The number of anilines is 1. The van der Waals surface area contributed by atoms with E-state index in [1.54, 1.807) is 14.1 Å². The quantitative estimate of drug-likeness (QED) is 0.791. The van der Waals surface area contributed by atoms with Crippen LogP contribution >= 0.6 is 0 Å². The number of carbonyl (C=O) groups is 1. The lowest BCUT2D eigenvalue weighted by Gasteiger charge is -2.21. The largest absolute Gasteiger partial charge is 0.415 e. The highest BCUT2D eigenvalue weighted by molar-refractivity contribution is 5.94. The summed E-state index contributed by atoms with van der Waals surface area (Å²) in [6.45, 7) is 6.77. The number of aryl methyl sites for hydroxylation is 1. The lowest BCUT2D eigenvalue weighted by Crippen LogP contribution is -2.33. The summed E-state index contributed by atoms with van der Waals surface area (Å²) in [6.07, 6.45) is -0.400. The van der Waals surface area contributed by atoms with Crippen molar-refractivity contribution in [2.75, 3.05) is 25.6 Å². The molecule has 1 aromatic rings. The Labute approximate surface area is 119 Å². The summed E-state index contributed by atoms with van der Waals surface area (Å²) in [6, 6.07) is 8.04. The standard InChI is InChI=1S/C15H21N3O2/c1-11-8-6-7-9-12(11)18-10-15(2,3)13(16-18)20-14(19)17(4)5/h6-9H,10H2,1-5H3. The molecule has 1 heterocycles. The summed E-state index contributed by atoms with van der Waals surface area (Å²) >= 11 is 0. The van der Waals surface area contributed by atoms with Crippen molar-refractivity contribution >= 4 is 17.7 Å². The first-order valence-electron chi connectivity index (χ1n) is 6.62. The number of ether oxygens (including phenoxy) is 1. The van der Waals surface area contributed by atoms with Gasteiger partial charge in [-0.2, -0.15) is 0 Å². The van der Waals surface area contributed by atoms with Crippen LogP contribution in [-0.4, -0.2) is 37.5 Å². The van der Waals surface area contributed by atoms with E-state index in [1.807, 2.05) is 50.0 Å². The summed E-state index contributed by atoms with van der Waals surface area (Å²) in [5, 5.41) is 6.37. The molecule has 0 aromatic heterocycles. The van der Waals surface area contributed by atoms with Gasteiger partial charge in [-0.3, -0.25) is 5.01 Å². The monoisotopic (exact) mass is 275 g/mol. The molecule has 0 spiro atoms. The molecule has 0 atom stereocenters. The Morgan fingerprint density at radius 3 is 2.60 bits per heavy atom. The fourth-order valence-corrected chi connectivity index (χ4v) is 2.05. The first-order chi connectivity index (χ1) is 9.31. The minimum absolute atomic E-state index is 0.298. The molecule has 108 valence electrons. The zero-order valence-corrected chi connectivity index (χ0v) is 12.7. The van der Waals surface area contributed by atoms with Crippen LogP contribution in [0.2, 0.25) is 0 Å². The Hall–Kier alpha value is -2.04. The van der Waals surface area contributed by atoms with Crippen molar-refractivity contribution < 1.29 is 9.53 Å². The summed E-state index contributed by atoms with van der Waals surface area (Å²) in [4.78, 5) is 13.1. The Bertz CT molecular complexity index is 550. The molecule has 0 saturated heterocycles. The molecule has 0 bridgehead atoms. The molecule has 1 aromatic carbocycles. The minimum Gasteiger partial charge on any atom is -0.393 e. The summed E-state index contributed by atoms with van der Waals surface area (Å²) in [5.41, 5.74) is 1.89. The number of hydrogen-bond donors (Lipinski definition) is 0. The highest BCUT2D eigenvalue weighted by Crippen LogP contribution is 2.32. The summed E-state index contributed by atoms with van der Waals surface area (Å²) < 4.78 is 5.37. The second-order valence-corrected chi connectivity index (χ2v) is 5.90. The maximum Gasteiger partial charge on any atom is 0.415 e. The van der Waals surface area contributed by atoms with Gasteiger partial charge in [0, 0.05) is 14.1 Å². The van der Waals surface area contributed by atoms with Crippen LogP contribution in [0.5, 0.6) is 0 Å². The van der Waals surface area contributed by atoms with Crippen molar-refractivity contribution in [2.45, 2.75) is 20.8 Å². The van der Waals surface area contributed by atoms with Crippen molar-refractivity contribution in [3.8, 4) is 0 Å². The molecule has 0 N–H and O–H groups in total. The maximum atomic E-state index is 11.7. The second-order valence-electron chi connectivity index (χ2n) is 5.90. The van der Waals surface area contributed by atoms with E-state index >= 15 is 0 Å². The Morgan fingerprint density at radius 2 is 2.00 bits per heavy atom. The fourth-order valence-electron chi connectivity index (χ4n) is 2.05. The van der Waals surface area contributed by atoms with Gasteiger partial charge in [0.15, 0.2) is 0 Å². The van der Waals surface area contributed by atoms with Gasteiger partial charge in [-0.25, -0.2) is 4.79 Å². The SMILES string of the molecule is Cc1ccccc1N1CC(C)(C)C(OC(=O)N(C)C)=N1. The third kappa shape index (κ3) is 2.76. The average molecular weight is 275 g/mol. The van der Waals surface area contributed by atoms with E-state index < -0.39 is 6.09 Å². The Morgan fingerprint density at radius 1 is 1.35 bits per heavy atom.